The lowest BCUT2D eigenvalue weighted by atomic mass is 10.1. The molecule has 166 valence electrons. The van der Waals surface area contributed by atoms with Gasteiger partial charge in [-0.05, 0) is 18.2 Å². The third kappa shape index (κ3) is 3.78. The molecule has 0 aliphatic rings. The van der Waals surface area contributed by atoms with Crippen LogP contribution in [0, 0.1) is 11.6 Å². The van der Waals surface area contributed by atoms with Crippen molar-refractivity contribution >= 4 is 22.4 Å². The van der Waals surface area contributed by atoms with Gasteiger partial charge in [0.1, 0.15) is 11.2 Å². The van der Waals surface area contributed by atoms with Crippen molar-refractivity contribution in [1.82, 2.24) is 25.0 Å². The Hall–Kier alpha value is -3.86. The SMILES string of the molecule is COc1cc(OC)c(F)c(N(CCO)c2ccc3nnc(-c4cnn(C)c4)nc3c2)c1F. The van der Waals surface area contributed by atoms with Gasteiger partial charge in [0, 0.05) is 31.5 Å². The van der Waals surface area contributed by atoms with Crippen molar-refractivity contribution in [3.05, 3.63) is 48.3 Å². The molecule has 0 unspecified atom stereocenters. The first-order valence-electron chi connectivity index (χ1n) is 9.58. The van der Waals surface area contributed by atoms with E-state index >= 15 is 8.78 Å². The number of anilines is 2. The van der Waals surface area contributed by atoms with Gasteiger partial charge in [-0.2, -0.15) is 5.10 Å². The van der Waals surface area contributed by atoms with E-state index in [2.05, 4.69) is 20.3 Å². The molecule has 1 N–H and O–H groups in total. The van der Waals surface area contributed by atoms with E-state index < -0.39 is 17.3 Å². The van der Waals surface area contributed by atoms with Crippen molar-refractivity contribution in [2.24, 2.45) is 7.05 Å². The average Bonchev–Trinajstić information content (AvgIpc) is 3.24. The van der Waals surface area contributed by atoms with Crippen LogP contribution in [0.25, 0.3) is 22.4 Å². The van der Waals surface area contributed by atoms with E-state index in [0.717, 1.165) is 6.07 Å². The number of benzene rings is 2. The number of hydrogen-bond donors (Lipinski definition) is 1. The lowest BCUT2D eigenvalue weighted by Crippen LogP contribution is -2.24. The summed E-state index contributed by atoms with van der Waals surface area (Å²) < 4.78 is 41.9. The highest BCUT2D eigenvalue weighted by Gasteiger charge is 2.26. The maximum atomic E-state index is 15.1. The van der Waals surface area contributed by atoms with Gasteiger partial charge in [-0.3, -0.25) is 4.68 Å². The molecule has 4 rings (SSSR count). The van der Waals surface area contributed by atoms with Gasteiger partial charge in [0.2, 0.25) is 0 Å². The van der Waals surface area contributed by atoms with E-state index in [4.69, 9.17) is 9.47 Å². The first-order chi connectivity index (χ1) is 15.5. The standard InChI is InChI=1S/C21H20F2N6O3/c1-28-11-12(10-24-28)21-25-15-8-13(4-5-14(15)26-27-21)29(6-7-30)20-18(22)16(31-2)9-17(32-3)19(20)23/h4-5,8-11,30H,6-7H2,1-3H3. The largest absolute Gasteiger partial charge is 0.493 e. The zero-order valence-corrected chi connectivity index (χ0v) is 17.6. The summed E-state index contributed by atoms with van der Waals surface area (Å²) in [7, 11) is 4.32. The predicted molar refractivity (Wildman–Crippen MR) is 113 cm³/mol. The normalized spacial score (nSPS) is 11.1. The highest BCUT2D eigenvalue weighted by molar-refractivity contribution is 5.82. The minimum Gasteiger partial charge on any atom is -0.493 e. The number of rotatable bonds is 7. The molecule has 0 saturated carbocycles. The minimum atomic E-state index is -0.920. The van der Waals surface area contributed by atoms with Gasteiger partial charge in [-0.15, -0.1) is 10.2 Å². The summed E-state index contributed by atoms with van der Waals surface area (Å²) >= 11 is 0. The molecule has 4 aromatic rings. The van der Waals surface area contributed by atoms with Crippen molar-refractivity contribution in [2.45, 2.75) is 0 Å². The highest BCUT2D eigenvalue weighted by Crippen LogP contribution is 2.40. The molecule has 11 heteroatoms. The number of hydrogen-bond acceptors (Lipinski definition) is 8. The van der Waals surface area contributed by atoms with Crippen LogP contribution < -0.4 is 14.4 Å². The van der Waals surface area contributed by atoms with Crippen LogP contribution >= 0.6 is 0 Å². The predicted octanol–water partition coefficient (Wildman–Crippen LogP) is 2.85. The van der Waals surface area contributed by atoms with E-state index in [1.54, 1.807) is 42.3 Å². The van der Waals surface area contributed by atoms with Gasteiger partial charge in [0.25, 0.3) is 0 Å². The van der Waals surface area contributed by atoms with Crippen LogP contribution in [-0.2, 0) is 7.05 Å². The quantitative estimate of drug-likeness (QED) is 0.467. The highest BCUT2D eigenvalue weighted by atomic mass is 19.1. The maximum absolute atomic E-state index is 15.1. The zero-order valence-electron chi connectivity index (χ0n) is 17.6. The Bertz CT molecular complexity index is 1250. The molecule has 2 aromatic heterocycles. The van der Waals surface area contributed by atoms with Crippen molar-refractivity contribution < 1.29 is 23.4 Å². The summed E-state index contributed by atoms with van der Waals surface area (Å²) in [6.07, 6.45) is 3.36. The van der Waals surface area contributed by atoms with Gasteiger partial charge >= 0.3 is 0 Å². The number of aryl methyl sites for hydroxylation is 1. The number of halogens is 2. The minimum absolute atomic E-state index is 0.0936. The summed E-state index contributed by atoms with van der Waals surface area (Å²) in [5.74, 6) is -1.86. The lowest BCUT2D eigenvalue weighted by Gasteiger charge is -2.26. The van der Waals surface area contributed by atoms with Gasteiger partial charge in [0.05, 0.1) is 38.1 Å². The van der Waals surface area contributed by atoms with Gasteiger partial charge < -0.3 is 19.5 Å². The van der Waals surface area contributed by atoms with E-state index in [-0.39, 0.29) is 24.7 Å². The monoisotopic (exact) mass is 442 g/mol. The van der Waals surface area contributed by atoms with E-state index in [1.165, 1.54) is 19.1 Å². The van der Waals surface area contributed by atoms with Crippen molar-refractivity contribution in [2.75, 3.05) is 32.3 Å². The Morgan fingerprint density at radius 3 is 2.34 bits per heavy atom. The molecule has 0 saturated heterocycles. The molecule has 0 amide bonds. The Morgan fingerprint density at radius 2 is 1.75 bits per heavy atom. The molecule has 0 atom stereocenters. The molecular formula is C21H20F2N6O3. The molecule has 0 fully saturated rings. The van der Waals surface area contributed by atoms with Crippen LogP contribution in [0.4, 0.5) is 20.2 Å². The number of nitrogens with zero attached hydrogens (tertiary/aromatic N) is 6. The summed E-state index contributed by atoms with van der Waals surface area (Å²) in [6.45, 7) is -0.455. The first-order valence-corrected chi connectivity index (χ1v) is 9.58. The first kappa shape index (κ1) is 21.4. The molecule has 0 radical (unpaired) electrons. The van der Waals surface area contributed by atoms with Crippen molar-refractivity contribution in [3.8, 4) is 22.9 Å². The van der Waals surface area contributed by atoms with Crippen LogP contribution in [0.15, 0.2) is 36.7 Å². The molecular weight excluding hydrogens is 422 g/mol. The average molecular weight is 442 g/mol. The fraction of sp³-hybridized carbons (Fsp3) is 0.238. The fourth-order valence-corrected chi connectivity index (χ4v) is 3.33. The summed E-state index contributed by atoms with van der Waals surface area (Å²) in [5, 5.41) is 22.0. The Kier molecular flexibility index (Phi) is 5.82. The maximum Gasteiger partial charge on any atom is 0.191 e. The second kappa shape index (κ2) is 8.71. The van der Waals surface area contributed by atoms with Gasteiger partial charge in [0.15, 0.2) is 29.0 Å². The van der Waals surface area contributed by atoms with E-state index in [1.807, 2.05) is 0 Å². The number of fused-ring (bicyclic) bond motifs is 1. The summed E-state index contributed by atoms with van der Waals surface area (Å²) in [5.41, 5.74) is 1.60. The van der Waals surface area contributed by atoms with Crippen LogP contribution in [0.5, 0.6) is 11.5 Å². The van der Waals surface area contributed by atoms with Crippen LogP contribution in [0.2, 0.25) is 0 Å². The van der Waals surface area contributed by atoms with Crippen molar-refractivity contribution in [3.63, 3.8) is 0 Å². The third-order valence-corrected chi connectivity index (χ3v) is 4.86. The topological polar surface area (TPSA) is 98.4 Å². The smallest absolute Gasteiger partial charge is 0.191 e. The Morgan fingerprint density at radius 1 is 1.03 bits per heavy atom. The molecule has 0 bridgehead atoms. The molecule has 9 nitrogen and oxygen atoms in total. The molecule has 2 heterocycles. The summed E-state index contributed by atoms with van der Waals surface area (Å²) in [4.78, 5) is 5.81. The molecule has 2 aromatic carbocycles. The lowest BCUT2D eigenvalue weighted by molar-refractivity contribution is 0.304. The fourth-order valence-electron chi connectivity index (χ4n) is 3.33. The van der Waals surface area contributed by atoms with Gasteiger partial charge in [-0.25, -0.2) is 13.8 Å². The molecule has 32 heavy (non-hydrogen) atoms. The molecule has 0 aliphatic heterocycles. The third-order valence-electron chi connectivity index (χ3n) is 4.86. The van der Waals surface area contributed by atoms with Crippen LogP contribution in [0.1, 0.15) is 0 Å². The Labute approximate surface area is 181 Å². The number of aliphatic hydroxyl groups excluding tert-OH is 1. The number of methoxy groups -OCH3 is 2. The summed E-state index contributed by atoms with van der Waals surface area (Å²) in [6, 6.07) is 5.99. The van der Waals surface area contributed by atoms with E-state index in [9.17, 15) is 5.11 Å². The molecule has 0 aliphatic carbocycles. The van der Waals surface area contributed by atoms with E-state index in [0.29, 0.717) is 28.1 Å². The van der Waals surface area contributed by atoms with Gasteiger partial charge in [-0.1, -0.05) is 0 Å². The van der Waals surface area contributed by atoms with Crippen LogP contribution in [0.3, 0.4) is 0 Å². The number of ether oxygens (including phenoxy) is 2. The second-order valence-electron chi connectivity index (χ2n) is 6.84. The molecule has 0 spiro atoms. The van der Waals surface area contributed by atoms with Crippen molar-refractivity contribution in [1.29, 1.82) is 0 Å². The zero-order chi connectivity index (χ0) is 22.8. The van der Waals surface area contributed by atoms with Crippen LogP contribution in [-0.4, -0.2) is 57.4 Å². The second-order valence-corrected chi connectivity index (χ2v) is 6.84. The Balaban J connectivity index is 1.86. The number of aliphatic hydroxyl groups is 1. The number of aromatic nitrogens is 5.